The number of rotatable bonds is 3. The molecule has 1 saturated heterocycles. The van der Waals surface area contributed by atoms with E-state index in [0.29, 0.717) is 18.2 Å². The fourth-order valence-electron chi connectivity index (χ4n) is 4.18. The van der Waals surface area contributed by atoms with Gasteiger partial charge in [0.25, 0.3) is 0 Å². The van der Waals surface area contributed by atoms with Crippen LogP contribution in [0.25, 0.3) is 0 Å². The third-order valence-electron chi connectivity index (χ3n) is 5.65. The van der Waals surface area contributed by atoms with Gasteiger partial charge in [-0.15, -0.1) is 0 Å². The molecule has 2 aromatic carbocycles. The van der Waals surface area contributed by atoms with Gasteiger partial charge in [-0.2, -0.15) is 0 Å². The van der Waals surface area contributed by atoms with Crippen molar-refractivity contribution in [1.82, 2.24) is 4.90 Å². The molecule has 0 atom stereocenters. The van der Waals surface area contributed by atoms with Crippen LogP contribution in [-0.4, -0.2) is 42.9 Å². The van der Waals surface area contributed by atoms with Crippen LogP contribution in [0, 0.1) is 6.92 Å². The third kappa shape index (κ3) is 3.74. The Labute approximate surface area is 160 Å². The summed E-state index contributed by atoms with van der Waals surface area (Å²) in [4.78, 5) is 28.7. The molecule has 5 heteroatoms. The van der Waals surface area contributed by atoms with Gasteiger partial charge in [0.15, 0.2) is 0 Å². The first-order chi connectivity index (χ1) is 13.1. The summed E-state index contributed by atoms with van der Waals surface area (Å²) in [5, 5.41) is 2.83. The Bertz CT molecular complexity index is 856. The van der Waals surface area contributed by atoms with Gasteiger partial charge in [-0.25, -0.2) is 0 Å². The van der Waals surface area contributed by atoms with Gasteiger partial charge in [-0.1, -0.05) is 36.4 Å². The molecule has 0 unspecified atom stereocenters. The zero-order chi connectivity index (χ0) is 18.8. The number of fused-ring (bicyclic) bond motifs is 1. The highest BCUT2D eigenvalue weighted by Crippen LogP contribution is 2.31. The summed E-state index contributed by atoms with van der Waals surface area (Å²) in [6.45, 7) is 4.44. The number of piperidine rings is 1. The van der Waals surface area contributed by atoms with E-state index in [1.54, 1.807) is 4.90 Å². The lowest BCUT2D eigenvalue weighted by Gasteiger charge is -2.35. The minimum absolute atomic E-state index is 0.00774. The number of carbonyl (C=O) groups is 2. The van der Waals surface area contributed by atoms with Gasteiger partial charge in [0, 0.05) is 0 Å². The van der Waals surface area contributed by atoms with Crippen molar-refractivity contribution in [3.05, 3.63) is 59.7 Å². The van der Waals surface area contributed by atoms with Gasteiger partial charge in [0.1, 0.15) is 6.54 Å². The van der Waals surface area contributed by atoms with Crippen LogP contribution >= 0.6 is 0 Å². The second-order valence-electron chi connectivity index (χ2n) is 7.45. The SMILES string of the molecule is Cc1ccccc1C1CCN(CC(=O)N2CC(=O)Nc3ccccc32)CC1. The Morgan fingerprint density at radius 3 is 2.56 bits per heavy atom. The molecular formula is C22H25N3O2. The van der Waals surface area contributed by atoms with Crippen LogP contribution in [0.4, 0.5) is 11.4 Å². The Morgan fingerprint density at radius 1 is 1.07 bits per heavy atom. The van der Waals surface area contributed by atoms with Crippen LogP contribution in [0.1, 0.15) is 29.9 Å². The lowest BCUT2D eigenvalue weighted by Crippen LogP contribution is -2.47. The molecule has 5 nitrogen and oxygen atoms in total. The monoisotopic (exact) mass is 363 g/mol. The molecular weight excluding hydrogens is 338 g/mol. The van der Waals surface area contributed by atoms with E-state index < -0.39 is 0 Å². The highest BCUT2D eigenvalue weighted by molar-refractivity contribution is 6.10. The van der Waals surface area contributed by atoms with Gasteiger partial charge in [-0.3, -0.25) is 19.4 Å². The summed E-state index contributed by atoms with van der Waals surface area (Å²) in [5.74, 6) is 0.422. The van der Waals surface area contributed by atoms with Gasteiger partial charge < -0.3 is 5.32 Å². The number of likely N-dealkylation sites (tertiary alicyclic amines) is 1. The van der Waals surface area contributed by atoms with Crippen molar-refractivity contribution in [1.29, 1.82) is 0 Å². The molecule has 0 aromatic heterocycles. The zero-order valence-corrected chi connectivity index (χ0v) is 15.6. The molecule has 140 valence electrons. The summed E-state index contributed by atoms with van der Waals surface area (Å²) in [6, 6.07) is 16.1. The molecule has 2 aromatic rings. The molecule has 27 heavy (non-hydrogen) atoms. The van der Waals surface area contributed by atoms with E-state index in [-0.39, 0.29) is 18.4 Å². The van der Waals surface area contributed by atoms with Gasteiger partial charge in [0.2, 0.25) is 11.8 Å². The molecule has 0 radical (unpaired) electrons. The minimum Gasteiger partial charge on any atom is -0.323 e. The highest BCUT2D eigenvalue weighted by atomic mass is 16.2. The van der Waals surface area contributed by atoms with Crippen LogP contribution in [0.5, 0.6) is 0 Å². The predicted octanol–water partition coefficient (Wildman–Crippen LogP) is 3.16. The van der Waals surface area contributed by atoms with Crippen molar-refractivity contribution >= 4 is 23.2 Å². The molecule has 2 heterocycles. The van der Waals surface area contributed by atoms with E-state index >= 15 is 0 Å². The molecule has 0 saturated carbocycles. The molecule has 2 amide bonds. The number of hydrogen-bond donors (Lipinski definition) is 1. The second-order valence-corrected chi connectivity index (χ2v) is 7.45. The van der Waals surface area contributed by atoms with Crippen LogP contribution < -0.4 is 10.2 Å². The lowest BCUT2D eigenvalue weighted by atomic mass is 9.87. The first kappa shape index (κ1) is 17.7. The minimum atomic E-state index is -0.139. The number of aryl methyl sites for hydroxylation is 1. The van der Waals surface area contributed by atoms with Gasteiger partial charge >= 0.3 is 0 Å². The van der Waals surface area contributed by atoms with E-state index in [1.165, 1.54) is 11.1 Å². The van der Waals surface area contributed by atoms with Crippen LogP contribution in [0.2, 0.25) is 0 Å². The maximum absolute atomic E-state index is 12.9. The smallest absolute Gasteiger partial charge is 0.244 e. The van der Waals surface area contributed by atoms with Crippen LogP contribution in [0.3, 0.4) is 0 Å². The average Bonchev–Trinajstić information content (AvgIpc) is 2.68. The van der Waals surface area contributed by atoms with E-state index in [9.17, 15) is 9.59 Å². The molecule has 2 aliphatic heterocycles. The summed E-state index contributed by atoms with van der Waals surface area (Å²) in [5.41, 5.74) is 4.28. The Kier molecular flexibility index (Phi) is 4.94. The second kappa shape index (κ2) is 7.53. The Balaban J connectivity index is 1.39. The topological polar surface area (TPSA) is 52.7 Å². The third-order valence-corrected chi connectivity index (χ3v) is 5.65. The maximum Gasteiger partial charge on any atom is 0.244 e. The highest BCUT2D eigenvalue weighted by Gasteiger charge is 2.29. The molecule has 0 spiro atoms. The lowest BCUT2D eigenvalue weighted by molar-refractivity contribution is -0.122. The van der Waals surface area contributed by atoms with E-state index in [2.05, 4.69) is 41.4 Å². The Morgan fingerprint density at radius 2 is 1.78 bits per heavy atom. The molecule has 0 aliphatic carbocycles. The summed E-state index contributed by atoms with van der Waals surface area (Å²) in [7, 11) is 0. The summed E-state index contributed by atoms with van der Waals surface area (Å²) < 4.78 is 0. The molecule has 1 fully saturated rings. The first-order valence-corrected chi connectivity index (χ1v) is 9.59. The number of nitrogens with one attached hydrogen (secondary N) is 1. The number of amides is 2. The standard InChI is InChI=1S/C22H25N3O2/c1-16-6-2-3-7-18(16)17-10-12-24(13-11-17)15-22(27)25-14-21(26)23-19-8-4-5-9-20(19)25/h2-9,17H,10-15H2,1H3,(H,23,26). The number of nitrogens with zero attached hydrogens (tertiary/aromatic N) is 2. The van der Waals surface area contributed by atoms with Crippen LogP contribution in [-0.2, 0) is 9.59 Å². The van der Waals surface area contributed by atoms with Crippen molar-refractivity contribution in [3.8, 4) is 0 Å². The maximum atomic E-state index is 12.9. The van der Waals surface area contributed by atoms with E-state index in [1.807, 2.05) is 24.3 Å². The van der Waals surface area contributed by atoms with E-state index in [0.717, 1.165) is 31.6 Å². The molecule has 2 aliphatic rings. The Hall–Kier alpha value is -2.66. The average molecular weight is 363 g/mol. The van der Waals surface area contributed by atoms with Gasteiger partial charge in [0.05, 0.1) is 17.9 Å². The molecule has 1 N–H and O–H groups in total. The number of hydrogen-bond acceptors (Lipinski definition) is 3. The van der Waals surface area contributed by atoms with Crippen molar-refractivity contribution in [2.75, 3.05) is 36.4 Å². The van der Waals surface area contributed by atoms with E-state index in [4.69, 9.17) is 0 Å². The normalized spacial score (nSPS) is 18.1. The number of benzene rings is 2. The van der Waals surface area contributed by atoms with Crippen molar-refractivity contribution in [3.63, 3.8) is 0 Å². The summed E-state index contributed by atoms with van der Waals surface area (Å²) >= 11 is 0. The van der Waals surface area contributed by atoms with Crippen LogP contribution in [0.15, 0.2) is 48.5 Å². The summed E-state index contributed by atoms with van der Waals surface area (Å²) in [6.07, 6.45) is 2.13. The number of carbonyl (C=O) groups excluding carboxylic acids is 2. The van der Waals surface area contributed by atoms with Crippen molar-refractivity contribution in [2.45, 2.75) is 25.7 Å². The van der Waals surface area contributed by atoms with Crippen molar-refractivity contribution in [2.24, 2.45) is 0 Å². The molecule has 0 bridgehead atoms. The van der Waals surface area contributed by atoms with Gasteiger partial charge in [-0.05, 0) is 62.0 Å². The molecule has 4 rings (SSSR count). The van der Waals surface area contributed by atoms with Crippen molar-refractivity contribution < 1.29 is 9.59 Å². The zero-order valence-electron chi connectivity index (χ0n) is 15.6. The fraction of sp³-hybridized carbons (Fsp3) is 0.364. The number of para-hydroxylation sites is 2. The predicted molar refractivity (Wildman–Crippen MR) is 107 cm³/mol. The largest absolute Gasteiger partial charge is 0.323 e. The number of anilines is 2. The first-order valence-electron chi connectivity index (χ1n) is 9.59. The fourth-order valence-corrected chi connectivity index (χ4v) is 4.18. The quantitative estimate of drug-likeness (QED) is 0.911.